The highest BCUT2D eigenvalue weighted by Gasteiger charge is 2.57. The maximum absolute atomic E-state index is 13.9. The predicted octanol–water partition coefficient (Wildman–Crippen LogP) is -3.13. The molecule has 12 atom stereocenters. The highest BCUT2D eigenvalue weighted by molar-refractivity contribution is 8.08. The van der Waals surface area contributed by atoms with E-state index in [1.54, 1.807) is 0 Å². The van der Waals surface area contributed by atoms with Gasteiger partial charge in [0.05, 0.1) is 13.2 Å². The Morgan fingerprint density at radius 1 is 1.24 bits per heavy atom. The molecule has 18 nitrogen and oxygen atoms in total. The molecule has 1 aromatic heterocycles. The highest BCUT2D eigenvalue weighted by Crippen LogP contribution is 2.62. The van der Waals surface area contributed by atoms with Crippen LogP contribution >= 0.6 is 14.5 Å². The van der Waals surface area contributed by atoms with Crippen LogP contribution in [0.2, 0.25) is 0 Å². The zero-order chi connectivity index (χ0) is 30.9. The number of hydrogen-bond donors (Lipinski definition) is 8. The molecule has 8 N–H and O–H groups in total. The number of ether oxygens (including phenoxy) is 3. The monoisotopic (exact) mass is 654 g/mol. The van der Waals surface area contributed by atoms with Crippen LogP contribution in [0.5, 0.6) is 0 Å². The predicted molar refractivity (Wildman–Crippen MR) is 134 cm³/mol. The Kier molecular flexibility index (Phi) is 11.0. The van der Waals surface area contributed by atoms with Crippen LogP contribution in [0.15, 0.2) is 34.5 Å². The van der Waals surface area contributed by atoms with Gasteiger partial charge in [-0.1, -0.05) is 12.7 Å². The minimum atomic E-state index is -5.53. The zero-order valence-electron chi connectivity index (χ0n) is 21.0. The summed E-state index contributed by atoms with van der Waals surface area (Å²) in [6.07, 6.45) is -15.4. The molecule has 0 spiro atoms. The third-order valence-electron chi connectivity index (χ3n) is 6.26. The van der Waals surface area contributed by atoms with E-state index in [1.165, 1.54) is 0 Å². The van der Waals surface area contributed by atoms with Crippen LogP contribution in [-0.2, 0) is 43.9 Å². The van der Waals surface area contributed by atoms with Gasteiger partial charge >= 0.3 is 20.2 Å². The molecule has 41 heavy (non-hydrogen) atoms. The number of nitrogens with zero attached hydrogens (tertiary/aromatic N) is 1. The van der Waals surface area contributed by atoms with Crippen molar-refractivity contribution in [2.45, 2.75) is 60.9 Å². The van der Waals surface area contributed by atoms with Crippen molar-refractivity contribution in [3.05, 3.63) is 45.8 Å². The van der Waals surface area contributed by atoms with Crippen LogP contribution in [-0.4, -0.2) is 120 Å². The standard InChI is InChI=1S/C19H29FN2O16P2S/c1-3-19(33-2)15(28)9(35-17(19)22-5-4-10(24)21-18(22)29)7-34-40(32,41)38-39(30,31)37-16-13(27)11(25)12(26)14(36-16)8(20)6-23/h3-5,8-9,11-17,23,25-28H,1,6-7H2,2H3,(H,30,31)(H,32,41)(H,21,24,29)/t8-,9+,11?,12?,13?,14?,15+,16?,17+,19+,40?/m0/s1. The average molecular weight is 654 g/mol. The summed E-state index contributed by atoms with van der Waals surface area (Å²) in [5.74, 6) is 0. The number of aromatic nitrogens is 2. The fourth-order valence-electron chi connectivity index (χ4n) is 4.17. The first-order valence-electron chi connectivity index (χ1n) is 11.5. The van der Waals surface area contributed by atoms with Crippen LogP contribution in [0.3, 0.4) is 0 Å². The molecule has 2 aliphatic rings. The number of halogens is 1. The normalized spacial score (nSPS) is 37.7. The first-order valence-corrected chi connectivity index (χ1v) is 15.6. The van der Waals surface area contributed by atoms with E-state index < -0.39 is 99.9 Å². The van der Waals surface area contributed by atoms with E-state index in [0.717, 1.165) is 30.0 Å². The number of hydrogen-bond acceptors (Lipinski definition) is 15. The molecule has 2 fully saturated rings. The van der Waals surface area contributed by atoms with Gasteiger partial charge in [-0.3, -0.25) is 18.9 Å². The second kappa shape index (κ2) is 13.1. The maximum atomic E-state index is 13.9. The molecule has 0 saturated carbocycles. The number of alkyl halides is 1. The topological polar surface area (TPSA) is 269 Å². The molecule has 234 valence electrons. The number of aromatic amines is 1. The molecule has 22 heteroatoms. The Labute approximate surface area is 235 Å². The number of aliphatic hydroxyl groups is 5. The Morgan fingerprint density at radius 3 is 2.46 bits per heavy atom. The lowest BCUT2D eigenvalue weighted by molar-refractivity contribution is -0.287. The van der Waals surface area contributed by atoms with E-state index in [-0.39, 0.29) is 0 Å². The molecule has 0 amide bonds. The van der Waals surface area contributed by atoms with E-state index >= 15 is 0 Å². The third kappa shape index (κ3) is 7.27. The van der Waals surface area contributed by atoms with Crippen molar-refractivity contribution in [3.63, 3.8) is 0 Å². The molecule has 1 aromatic rings. The summed E-state index contributed by atoms with van der Waals surface area (Å²) in [4.78, 5) is 46.2. The van der Waals surface area contributed by atoms with Crippen molar-refractivity contribution in [2.24, 2.45) is 0 Å². The third-order valence-corrected chi connectivity index (χ3v) is 9.78. The van der Waals surface area contributed by atoms with Crippen LogP contribution in [0.4, 0.5) is 4.39 Å². The average Bonchev–Trinajstić information content (AvgIpc) is 3.17. The minimum Gasteiger partial charge on any atom is -0.393 e. The minimum absolute atomic E-state index is 0.717. The molecule has 2 saturated heterocycles. The second-order valence-corrected chi connectivity index (χ2v) is 13.2. The quantitative estimate of drug-likeness (QED) is 0.0818. The lowest BCUT2D eigenvalue weighted by Gasteiger charge is -2.41. The summed E-state index contributed by atoms with van der Waals surface area (Å²) in [6, 6.07) is 0.997. The largest absolute Gasteiger partial charge is 0.481 e. The number of methoxy groups -OCH3 is 1. The van der Waals surface area contributed by atoms with Gasteiger partial charge in [0.2, 0.25) is 0 Å². The lowest BCUT2D eigenvalue weighted by Crippen LogP contribution is -2.60. The Morgan fingerprint density at radius 2 is 1.90 bits per heavy atom. The smallest absolute Gasteiger partial charge is 0.393 e. The van der Waals surface area contributed by atoms with Crippen molar-refractivity contribution < 1.29 is 71.8 Å². The van der Waals surface area contributed by atoms with Crippen molar-refractivity contribution >= 4 is 26.3 Å². The van der Waals surface area contributed by atoms with Gasteiger partial charge in [-0.15, -0.1) is 0 Å². The molecule has 0 radical (unpaired) electrons. The summed E-state index contributed by atoms with van der Waals surface area (Å²) in [5.41, 5.74) is -3.45. The van der Waals surface area contributed by atoms with Crippen molar-refractivity contribution in [2.75, 3.05) is 20.3 Å². The second-order valence-electron chi connectivity index (χ2n) is 8.81. The maximum Gasteiger partial charge on any atom is 0.481 e. The molecule has 0 bridgehead atoms. The summed E-state index contributed by atoms with van der Waals surface area (Å²) in [7, 11) is -4.37. The van der Waals surface area contributed by atoms with Crippen LogP contribution in [0.1, 0.15) is 6.23 Å². The molecule has 2 aliphatic heterocycles. The number of H-pyrrole nitrogens is 1. The SMILES string of the molecule is C=C[C@@]1(OC)[C@H](O)[C@@H](COP(O)(=S)OP(=O)(O)OC2OC([C@@H](F)CO)C(O)C(O)C2O)O[C@H]1n1ccc(=O)[nH]c1=O. The molecule has 0 aliphatic carbocycles. The number of phosphoric acid groups is 1. The van der Waals surface area contributed by atoms with Crippen molar-refractivity contribution in [1.29, 1.82) is 0 Å². The van der Waals surface area contributed by atoms with E-state index in [2.05, 4.69) is 15.4 Å². The summed E-state index contributed by atoms with van der Waals surface area (Å²) in [5, 5.41) is 49.6. The summed E-state index contributed by atoms with van der Waals surface area (Å²) >= 11 is 4.70. The zero-order valence-corrected chi connectivity index (χ0v) is 23.6. The van der Waals surface area contributed by atoms with Gasteiger partial charge < -0.3 is 54.1 Å². The number of nitrogens with one attached hydrogen (secondary N) is 1. The molecule has 3 heterocycles. The van der Waals surface area contributed by atoms with Gasteiger partial charge in [-0.05, 0) is 11.8 Å². The van der Waals surface area contributed by atoms with Gasteiger partial charge in [0.1, 0.15) is 36.6 Å². The summed E-state index contributed by atoms with van der Waals surface area (Å²) in [6.45, 7) is -3.20. The number of aliphatic hydroxyl groups excluding tert-OH is 5. The van der Waals surface area contributed by atoms with Gasteiger partial charge in [-0.25, -0.2) is 18.1 Å². The van der Waals surface area contributed by atoms with Gasteiger partial charge in [0.15, 0.2) is 24.3 Å². The van der Waals surface area contributed by atoms with E-state index in [9.17, 15) is 48.8 Å². The molecular weight excluding hydrogens is 625 g/mol. The van der Waals surface area contributed by atoms with Gasteiger partial charge in [0.25, 0.3) is 5.56 Å². The van der Waals surface area contributed by atoms with Crippen LogP contribution in [0.25, 0.3) is 0 Å². The van der Waals surface area contributed by atoms with Crippen molar-refractivity contribution in [3.8, 4) is 0 Å². The molecule has 3 rings (SSSR count). The lowest BCUT2D eigenvalue weighted by atomic mass is 9.94. The number of phosphoric ester groups is 1. The number of rotatable bonds is 12. The van der Waals surface area contributed by atoms with Gasteiger partial charge in [-0.2, -0.15) is 0 Å². The molecular formula is C19H29FN2O16P2S. The van der Waals surface area contributed by atoms with Crippen LogP contribution in [0, 0.1) is 0 Å². The Balaban J connectivity index is 1.71. The first-order chi connectivity index (χ1) is 19.0. The van der Waals surface area contributed by atoms with Gasteiger partial charge in [0, 0.05) is 19.4 Å². The fourth-order valence-corrected chi connectivity index (χ4v) is 7.27. The van der Waals surface area contributed by atoms with Crippen LogP contribution < -0.4 is 11.2 Å². The Hall–Kier alpha value is -1.29. The highest BCUT2D eigenvalue weighted by atomic mass is 32.5. The molecule has 0 aromatic carbocycles. The first kappa shape index (κ1) is 34.2. The van der Waals surface area contributed by atoms with E-state index in [1.807, 2.05) is 4.98 Å². The fraction of sp³-hybridized carbons (Fsp3) is 0.684. The summed E-state index contributed by atoms with van der Waals surface area (Å²) < 4.78 is 57.2. The van der Waals surface area contributed by atoms with E-state index in [0.29, 0.717) is 0 Å². The van der Waals surface area contributed by atoms with E-state index in [4.69, 9.17) is 35.6 Å². The van der Waals surface area contributed by atoms with Crippen molar-refractivity contribution in [1.82, 2.24) is 9.55 Å². The molecule has 7 unspecified atom stereocenters. The Bertz CT molecular complexity index is 1300.